The average molecular weight is 404 g/mol. The number of hydrogen-bond acceptors (Lipinski definition) is 2. The number of likely N-dealkylation sites (tertiary alicyclic amines) is 1. The van der Waals surface area contributed by atoms with Crippen LogP contribution >= 0.6 is 0 Å². The third-order valence-electron chi connectivity index (χ3n) is 6.58. The van der Waals surface area contributed by atoms with E-state index in [4.69, 9.17) is 4.98 Å². The van der Waals surface area contributed by atoms with Crippen molar-refractivity contribution >= 4 is 5.91 Å². The number of piperidine rings is 1. The number of imidazole rings is 1. The molecule has 1 unspecified atom stereocenters. The quantitative estimate of drug-likeness (QED) is 0.637. The summed E-state index contributed by atoms with van der Waals surface area (Å²) < 4.78 is 2.28. The molecule has 2 aromatic rings. The van der Waals surface area contributed by atoms with Crippen LogP contribution in [0.15, 0.2) is 60.5 Å². The summed E-state index contributed by atoms with van der Waals surface area (Å²) in [4.78, 5) is 19.7. The van der Waals surface area contributed by atoms with E-state index < -0.39 is 0 Å². The van der Waals surface area contributed by atoms with Gasteiger partial charge in [-0.25, -0.2) is 4.98 Å². The van der Waals surface area contributed by atoms with Crippen molar-refractivity contribution in [2.45, 2.75) is 58.4 Å². The highest BCUT2D eigenvalue weighted by Gasteiger charge is 2.30. The van der Waals surface area contributed by atoms with E-state index in [2.05, 4.69) is 74.0 Å². The predicted molar refractivity (Wildman–Crippen MR) is 121 cm³/mol. The summed E-state index contributed by atoms with van der Waals surface area (Å²) in [6.45, 7) is 9.01. The second-order valence-corrected chi connectivity index (χ2v) is 9.00. The Kier molecular flexibility index (Phi) is 6.21. The molecule has 0 N–H and O–H groups in total. The molecular weight excluding hydrogens is 370 g/mol. The highest BCUT2D eigenvalue weighted by molar-refractivity contribution is 5.83. The zero-order valence-corrected chi connectivity index (χ0v) is 18.4. The highest BCUT2D eigenvalue weighted by atomic mass is 16.2. The molecule has 1 atom stereocenters. The maximum absolute atomic E-state index is 13.0. The number of amides is 1. The summed E-state index contributed by atoms with van der Waals surface area (Å²) in [5.74, 6) is 2.32. The summed E-state index contributed by atoms with van der Waals surface area (Å²) in [5.41, 5.74) is 3.86. The van der Waals surface area contributed by atoms with E-state index in [1.54, 1.807) is 0 Å². The minimum absolute atomic E-state index is 0.0638. The number of carbonyl (C=O) groups excluding carboxylic acids is 1. The first-order valence-electron chi connectivity index (χ1n) is 11.2. The molecule has 158 valence electrons. The van der Waals surface area contributed by atoms with Crippen molar-refractivity contribution in [3.05, 3.63) is 77.4 Å². The second kappa shape index (κ2) is 9.03. The second-order valence-electron chi connectivity index (χ2n) is 9.00. The van der Waals surface area contributed by atoms with E-state index in [1.165, 1.54) is 16.7 Å². The van der Waals surface area contributed by atoms with Crippen LogP contribution in [0.1, 0.15) is 68.8 Å². The molecule has 4 rings (SSSR count). The Labute approximate surface area is 180 Å². The van der Waals surface area contributed by atoms with Gasteiger partial charge >= 0.3 is 0 Å². The first-order valence-corrected chi connectivity index (χ1v) is 11.2. The molecule has 1 aliphatic heterocycles. The summed E-state index contributed by atoms with van der Waals surface area (Å²) in [6.07, 6.45) is 13.2. The summed E-state index contributed by atoms with van der Waals surface area (Å²) in [5, 5.41) is 0. The fourth-order valence-electron chi connectivity index (χ4n) is 4.60. The number of hydrogen-bond donors (Lipinski definition) is 0. The smallest absolute Gasteiger partial charge is 0.233 e. The molecule has 0 spiro atoms. The summed E-state index contributed by atoms with van der Waals surface area (Å²) in [7, 11) is 0. The Morgan fingerprint density at radius 1 is 1.17 bits per heavy atom. The van der Waals surface area contributed by atoms with Crippen molar-refractivity contribution < 1.29 is 4.79 Å². The molecule has 30 heavy (non-hydrogen) atoms. The first-order chi connectivity index (χ1) is 14.5. The monoisotopic (exact) mass is 403 g/mol. The van der Waals surface area contributed by atoms with Crippen LogP contribution in [0.3, 0.4) is 0 Å². The van der Waals surface area contributed by atoms with Gasteiger partial charge in [0.25, 0.3) is 0 Å². The molecule has 0 bridgehead atoms. The fraction of sp³-hybridized carbons (Fsp3) is 0.462. The molecule has 1 saturated heterocycles. The topological polar surface area (TPSA) is 38.1 Å². The number of allylic oxidation sites excluding steroid dienone is 2. The Morgan fingerprint density at radius 2 is 1.90 bits per heavy atom. The van der Waals surface area contributed by atoms with E-state index in [1.807, 2.05) is 11.1 Å². The number of rotatable bonds is 5. The lowest BCUT2D eigenvalue weighted by atomic mass is 9.90. The van der Waals surface area contributed by atoms with Crippen LogP contribution in [0.25, 0.3) is 0 Å². The van der Waals surface area contributed by atoms with Crippen molar-refractivity contribution in [1.82, 2.24) is 14.5 Å². The average Bonchev–Trinajstić information content (AvgIpc) is 3.22. The van der Waals surface area contributed by atoms with Crippen LogP contribution in [0, 0.1) is 5.92 Å². The van der Waals surface area contributed by atoms with Gasteiger partial charge in [0.05, 0.1) is 5.92 Å². The molecular formula is C26H33N3O. The number of carbonyl (C=O) groups is 1. The Hall–Kier alpha value is -2.62. The Bertz CT molecular complexity index is 927. The van der Waals surface area contributed by atoms with Gasteiger partial charge in [-0.05, 0) is 43.2 Å². The summed E-state index contributed by atoms with van der Waals surface area (Å²) >= 11 is 0. The lowest BCUT2D eigenvalue weighted by molar-refractivity contribution is -0.134. The molecule has 0 radical (unpaired) electrons. The van der Waals surface area contributed by atoms with Crippen molar-refractivity contribution in [2.75, 3.05) is 13.1 Å². The molecule has 2 heterocycles. The van der Waals surface area contributed by atoms with Gasteiger partial charge in [0.1, 0.15) is 5.82 Å². The zero-order chi connectivity index (χ0) is 21.1. The molecule has 4 heteroatoms. The largest absolute Gasteiger partial charge is 0.342 e. The van der Waals surface area contributed by atoms with Crippen LogP contribution < -0.4 is 0 Å². The minimum atomic E-state index is -0.0638. The van der Waals surface area contributed by atoms with Crippen LogP contribution in [-0.2, 0) is 11.3 Å². The van der Waals surface area contributed by atoms with Gasteiger partial charge in [-0.3, -0.25) is 4.79 Å². The fourth-order valence-corrected chi connectivity index (χ4v) is 4.60. The first kappa shape index (κ1) is 20.6. The third kappa shape index (κ3) is 4.43. The van der Waals surface area contributed by atoms with Crippen LogP contribution in [0.4, 0.5) is 0 Å². The van der Waals surface area contributed by atoms with Crippen LogP contribution in [0.2, 0.25) is 0 Å². The van der Waals surface area contributed by atoms with Crippen LogP contribution in [-0.4, -0.2) is 33.4 Å². The Balaban J connectivity index is 1.38. The van der Waals surface area contributed by atoms with E-state index in [0.717, 1.165) is 44.7 Å². The van der Waals surface area contributed by atoms with Gasteiger partial charge in [-0.1, -0.05) is 61.9 Å². The van der Waals surface area contributed by atoms with Gasteiger partial charge in [-0.2, -0.15) is 0 Å². The normalized spacial score (nSPS) is 19.9. The van der Waals surface area contributed by atoms with Gasteiger partial charge < -0.3 is 9.47 Å². The molecule has 1 aromatic heterocycles. The minimum Gasteiger partial charge on any atom is -0.342 e. The zero-order valence-electron chi connectivity index (χ0n) is 18.4. The molecule has 2 aliphatic rings. The highest BCUT2D eigenvalue weighted by Crippen LogP contribution is 2.30. The van der Waals surface area contributed by atoms with Crippen molar-refractivity contribution in [2.24, 2.45) is 5.92 Å². The standard InChI is InChI=1S/C26H33N3O/c1-19(2)22-10-8-21(9-11-22)18-29-17-14-27-25(29)23-12-15-28(16-13-23)26(30)24-7-5-4-6-20(24)3/h5-11,14,17,19,23-24H,4,12-13,15-16,18H2,1-3H3. The number of nitrogens with zero attached hydrogens (tertiary/aromatic N) is 3. The molecule has 1 amide bonds. The molecule has 1 aromatic carbocycles. The van der Waals surface area contributed by atoms with Gasteiger partial charge in [0.15, 0.2) is 0 Å². The SMILES string of the molecule is CC1=CCC=CC1C(=O)N1CCC(c2nccn2Cc2ccc(C(C)C)cc2)CC1. The molecule has 1 fully saturated rings. The lowest BCUT2D eigenvalue weighted by Gasteiger charge is -2.34. The van der Waals surface area contributed by atoms with E-state index in [9.17, 15) is 4.79 Å². The third-order valence-corrected chi connectivity index (χ3v) is 6.58. The van der Waals surface area contributed by atoms with Crippen molar-refractivity contribution in [1.29, 1.82) is 0 Å². The predicted octanol–water partition coefficient (Wildman–Crippen LogP) is 5.28. The van der Waals surface area contributed by atoms with Crippen LogP contribution in [0.5, 0.6) is 0 Å². The van der Waals surface area contributed by atoms with Gasteiger partial charge in [0, 0.05) is 37.9 Å². The number of aromatic nitrogens is 2. The number of benzene rings is 1. The van der Waals surface area contributed by atoms with E-state index in [-0.39, 0.29) is 11.8 Å². The molecule has 0 saturated carbocycles. The van der Waals surface area contributed by atoms with Crippen molar-refractivity contribution in [3.63, 3.8) is 0 Å². The van der Waals surface area contributed by atoms with Gasteiger partial charge in [-0.15, -0.1) is 0 Å². The maximum atomic E-state index is 13.0. The maximum Gasteiger partial charge on any atom is 0.233 e. The van der Waals surface area contributed by atoms with Crippen molar-refractivity contribution in [3.8, 4) is 0 Å². The lowest BCUT2D eigenvalue weighted by Crippen LogP contribution is -2.41. The van der Waals surface area contributed by atoms with E-state index >= 15 is 0 Å². The molecule has 4 nitrogen and oxygen atoms in total. The Morgan fingerprint density at radius 3 is 2.57 bits per heavy atom. The van der Waals surface area contributed by atoms with Gasteiger partial charge in [0.2, 0.25) is 5.91 Å². The molecule has 1 aliphatic carbocycles. The van der Waals surface area contributed by atoms with E-state index in [0.29, 0.717) is 11.8 Å². The summed E-state index contributed by atoms with van der Waals surface area (Å²) in [6, 6.07) is 8.93.